The summed E-state index contributed by atoms with van der Waals surface area (Å²) in [4.78, 5) is 55.8. The minimum Gasteiger partial charge on any atom is -0.336 e. The molecule has 2 heterocycles. The Bertz CT molecular complexity index is 1380. The lowest BCUT2D eigenvalue weighted by Crippen LogP contribution is -2.56. The van der Waals surface area contributed by atoms with Gasteiger partial charge in [-0.3, -0.25) is 23.9 Å². The van der Waals surface area contributed by atoms with E-state index in [1.807, 2.05) is 20.8 Å². The topological polar surface area (TPSA) is 95.5 Å². The molecule has 1 N–H and O–H groups in total. The lowest BCUT2D eigenvalue weighted by Gasteiger charge is -2.40. The molecule has 0 radical (unpaired) electrons. The van der Waals surface area contributed by atoms with Gasteiger partial charge in [0.25, 0.3) is 11.5 Å². The Morgan fingerprint density at radius 1 is 1.12 bits per heavy atom. The number of hydrogen-bond donors (Lipinski definition) is 1. The Labute approximate surface area is 195 Å². The number of amides is 2. The van der Waals surface area contributed by atoms with Gasteiger partial charge in [-0.2, -0.15) is 0 Å². The van der Waals surface area contributed by atoms with Gasteiger partial charge < -0.3 is 9.80 Å². The van der Waals surface area contributed by atoms with Gasteiger partial charge in [-0.05, 0) is 36.8 Å². The monoisotopic (exact) mass is 466 g/mol. The normalized spacial score (nSPS) is 16.3. The lowest BCUT2D eigenvalue weighted by molar-refractivity contribution is -0.138. The Morgan fingerprint density at radius 2 is 1.85 bits per heavy atom. The zero-order valence-corrected chi connectivity index (χ0v) is 19.4. The van der Waals surface area contributed by atoms with Gasteiger partial charge in [-0.15, -0.1) is 0 Å². The third kappa shape index (κ3) is 4.37. The van der Waals surface area contributed by atoms with Gasteiger partial charge >= 0.3 is 5.69 Å². The maximum absolute atomic E-state index is 14.7. The standard InChI is InChI=1S/C25H27FN4O4/c1-15(2)23(32)29-11-10-28(13-16(29)3)24(33)19-12-17(8-9-20(19)26)14-30-21-7-5-4-6-18(21)22(31)27-25(30)34/h4-9,12,15-16H,10-11,13-14H2,1-3H3,(H,27,31,34)/t16-/m0/s1. The molecule has 1 aromatic heterocycles. The van der Waals surface area contributed by atoms with E-state index in [4.69, 9.17) is 0 Å². The third-order valence-corrected chi connectivity index (χ3v) is 6.20. The summed E-state index contributed by atoms with van der Waals surface area (Å²) >= 11 is 0. The fourth-order valence-corrected chi connectivity index (χ4v) is 4.39. The van der Waals surface area contributed by atoms with Crippen molar-refractivity contribution in [3.8, 4) is 0 Å². The molecular weight excluding hydrogens is 439 g/mol. The summed E-state index contributed by atoms with van der Waals surface area (Å²) in [6.45, 7) is 6.63. The summed E-state index contributed by atoms with van der Waals surface area (Å²) in [6.07, 6.45) is 0. The second kappa shape index (κ2) is 9.24. The highest BCUT2D eigenvalue weighted by atomic mass is 19.1. The van der Waals surface area contributed by atoms with Gasteiger partial charge in [-0.25, -0.2) is 9.18 Å². The molecule has 9 heteroatoms. The van der Waals surface area contributed by atoms with Crippen molar-refractivity contribution in [2.75, 3.05) is 19.6 Å². The highest BCUT2D eigenvalue weighted by Gasteiger charge is 2.32. The number of nitrogens with zero attached hydrogens (tertiary/aromatic N) is 3. The van der Waals surface area contributed by atoms with Gasteiger partial charge in [-0.1, -0.05) is 32.0 Å². The van der Waals surface area contributed by atoms with Crippen molar-refractivity contribution in [3.63, 3.8) is 0 Å². The molecule has 0 bridgehead atoms. The van der Waals surface area contributed by atoms with Crippen LogP contribution in [0.1, 0.15) is 36.7 Å². The number of aromatic amines is 1. The second-order valence-electron chi connectivity index (χ2n) is 8.96. The predicted molar refractivity (Wildman–Crippen MR) is 126 cm³/mol. The van der Waals surface area contributed by atoms with E-state index in [0.29, 0.717) is 36.1 Å². The molecule has 0 aliphatic carbocycles. The first kappa shape index (κ1) is 23.4. The van der Waals surface area contributed by atoms with Crippen molar-refractivity contribution in [1.82, 2.24) is 19.4 Å². The van der Waals surface area contributed by atoms with Crippen molar-refractivity contribution in [2.24, 2.45) is 5.92 Å². The van der Waals surface area contributed by atoms with Crippen LogP contribution in [0.2, 0.25) is 0 Å². The van der Waals surface area contributed by atoms with E-state index in [0.717, 1.165) is 0 Å². The Hall–Kier alpha value is -3.75. The quantitative estimate of drug-likeness (QED) is 0.638. The number of benzene rings is 2. The summed E-state index contributed by atoms with van der Waals surface area (Å²) in [5.41, 5.74) is -0.147. The van der Waals surface area contributed by atoms with Crippen LogP contribution < -0.4 is 11.2 Å². The number of aromatic nitrogens is 2. The molecule has 178 valence electrons. The Balaban J connectivity index is 1.60. The summed E-state index contributed by atoms with van der Waals surface area (Å²) in [5, 5.41) is 0.364. The molecule has 1 saturated heterocycles. The predicted octanol–water partition coefficient (Wildman–Crippen LogP) is 2.21. The van der Waals surface area contributed by atoms with E-state index in [1.54, 1.807) is 34.1 Å². The highest BCUT2D eigenvalue weighted by molar-refractivity contribution is 5.95. The molecule has 4 rings (SSSR count). The maximum atomic E-state index is 14.7. The molecular formula is C25H27FN4O4. The van der Waals surface area contributed by atoms with Crippen LogP contribution >= 0.6 is 0 Å². The number of para-hydroxylation sites is 1. The number of piperazine rings is 1. The largest absolute Gasteiger partial charge is 0.336 e. The number of halogens is 1. The summed E-state index contributed by atoms with van der Waals surface area (Å²) in [6, 6.07) is 10.7. The minimum atomic E-state index is -0.652. The first-order valence-electron chi connectivity index (χ1n) is 11.3. The second-order valence-corrected chi connectivity index (χ2v) is 8.96. The summed E-state index contributed by atoms with van der Waals surface area (Å²) < 4.78 is 16.1. The molecule has 2 aromatic carbocycles. The van der Waals surface area contributed by atoms with Crippen molar-refractivity contribution >= 4 is 22.7 Å². The van der Waals surface area contributed by atoms with E-state index >= 15 is 0 Å². The fourth-order valence-electron chi connectivity index (χ4n) is 4.39. The summed E-state index contributed by atoms with van der Waals surface area (Å²) in [7, 11) is 0. The van der Waals surface area contributed by atoms with Gasteiger partial charge in [0.15, 0.2) is 0 Å². The minimum absolute atomic E-state index is 0.0337. The average Bonchev–Trinajstić information content (AvgIpc) is 2.81. The average molecular weight is 467 g/mol. The van der Waals surface area contributed by atoms with Crippen molar-refractivity contribution in [1.29, 1.82) is 0 Å². The van der Waals surface area contributed by atoms with Crippen molar-refractivity contribution in [2.45, 2.75) is 33.4 Å². The van der Waals surface area contributed by atoms with Crippen molar-refractivity contribution in [3.05, 3.63) is 80.2 Å². The molecule has 0 spiro atoms. The molecule has 34 heavy (non-hydrogen) atoms. The van der Waals surface area contributed by atoms with Crippen LogP contribution in [-0.2, 0) is 11.3 Å². The van der Waals surface area contributed by atoms with Crippen LogP contribution in [0.3, 0.4) is 0 Å². The number of carbonyl (C=O) groups excluding carboxylic acids is 2. The molecule has 1 aliphatic heterocycles. The fraction of sp³-hybridized carbons (Fsp3) is 0.360. The number of hydrogen-bond acceptors (Lipinski definition) is 4. The van der Waals surface area contributed by atoms with Crippen molar-refractivity contribution < 1.29 is 14.0 Å². The van der Waals surface area contributed by atoms with E-state index in [1.165, 1.54) is 22.8 Å². The molecule has 1 fully saturated rings. The van der Waals surface area contributed by atoms with Crippen LogP contribution in [-0.4, -0.2) is 56.8 Å². The van der Waals surface area contributed by atoms with E-state index in [9.17, 15) is 23.6 Å². The van der Waals surface area contributed by atoms with E-state index in [-0.39, 0.29) is 30.0 Å². The maximum Gasteiger partial charge on any atom is 0.329 e. The molecule has 3 aromatic rings. The van der Waals surface area contributed by atoms with Gasteiger partial charge in [0.05, 0.1) is 23.0 Å². The molecule has 8 nitrogen and oxygen atoms in total. The number of rotatable bonds is 4. The number of H-pyrrole nitrogens is 1. The molecule has 1 atom stereocenters. The van der Waals surface area contributed by atoms with Crippen LogP contribution in [0.5, 0.6) is 0 Å². The zero-order valence-electron chi connectivity index (χ0n) is 19.4. The molecule has 2 amide bonds. The number of nitrogens with one attached hydrogen (secondary N) is 1. The lowest BCUT2D eigenvalue weighted by atomic mass is 10.1. The first-order chi connectivity index (χ1) is 16.2. The summed E-state index contributed by atoms with van der Waals surface area (Å²) in [5.74, 6) is -1.21. The van der Waals surface area contributed by atoms with Crippen LogP contribution in [0.15, 0.2) is 52.1 Å². The number of carbonyl (C=O) groups is 2. The van der Waals surface area contributed by atoms with E-state index < -0.39 is 23.0 Å². The molecule has 0 unspecified atom stereocenters. The van der Waals surface area contributed by atoms with Gasteiger partial charge in [0.2, 0.25) is 5.91 Å². The Morgan fingerprint density at radius 3 is 2.56 bits per heavy atom. The van der Waals surface area contributed by atoms with Crippen LogP contribution in [0.25, 0.3) is 10.9 Å². The number of fused-ring (bicyclic) bond motifs is 1. The van der Waals surface area contributed by atoms with Gasteiger partial charge in [0.1, 0.15) is 5.82 Å². The SMILES string of the molecule is CC(C)C(=O)N1CCN(C(=O)c2cc(Cn3c(=O)[nH]c(=O)c4ccccc43)ccc2F)C[C@@H]1C. The highest BCUT2D eigenvalue weighted by Crippen LogP contribution is 2.19. The molecule has 0 saturated carbocycles. The Kier molecular flexibility index (Phi) is 6.37. The van der Waals surface area contributed by atoms with E-state index in [2.05, 4.69) is 4.98 Å². The van der Waals surface area contributed by atoms with Crippen LogP contribution in [0.4, 0.5) is 4.39 Å². The first-order valence-corrected chi connectivity index (χ1v) is 11.3. The van der Waals surface area contributed by atoms with Gasteiger partial charge in [0, 0.05) is 31.6 Å². The van der Waals surface area contributed by atoms with Crippen LogP contribution in [0, 0.1) is 11.7 Å². The smallest absolute Gasteiger partial charge is 0.329 e. The molecule has 1 aliphatic rings. The third-order valence-electron chi connectivity index (χ3n) is 6.20. The zero-order chi connectivity index (χ0) is 24.6.